The molecule has 0 radical (unpaired) electrons. The molecule has 0 spiro atoms. The van der Waals surface area contributed by atoms with Gasteiger partial charge in [-0.25, -0.2) is 4.98 Å². The van der Waals surface area contributed by atoms with Crippen molar-refractivity contribution in [1.82, 2.24) is 4.98 Å². The summed E-state index contributed by atoms with van der Waals surface area (Å²) in [6.07, 6.45) is 0. The number of rotatable bonds is 4. The summed E-state index contributed by atoms with van der Waals surface area (Å²) < 4.78 is 11.2. The van der Waals surface area contributed by atoms with Crippen LogP contribution >= 0.6 is 0 Å². The van der Waals surface area contributed by atoms with Gasteiger partial charge in [0.25, 0.3) is 0 Å². The molecule has 0 fully saturated rings. The molecule has 4 heteroatoms. The SMILES string of the molecule is CNc1ccc(OCc2nc3ccccc3o2)cc1. The molecule has 4 nitrogen and oxygen atoms in total. The fourth-order valence-electron chi connectivity index (χ4n) is 1.84. The van der Waals surface area contributed by atoms with Crippen LogP contribution in [-0.4, -0.2) is 12.0 Å². The average Bonchev–Trinajstić information content (AvgIpc) is 2.88. The summed E-state index contributed by atoms with van der Waals surface area (Å²) in [5.74, 6) is 1.38. The summed E-state index contributed by atoms with van der Waals surface area (Å²) in [4.78, 5) is 4.36. The monoisotopic (exact) mass is 254 g/mol. The Bertz CT molecular complexity index is 641. The second-order valence-electron chi connectivity index (χ2n) is 4.14. The highest BCUT2D eigenvalue weighted by atomic mass is 16.5. The zero-order valence-electron chi connectivity index (χ0n) is 10.6. The molecule has 0 saturated carbocycles. The molecule has 2 aromatic carbocycles. The van der Waals surface area contributed by atoms with Crippen molar-refractivity contribution in [3.05, 3.63) is 54.4 Å². The first-order valence-electron chi connectivity index (χ1n) is 6.10. The first-order chi connectivity index (χ1) is 9.35. The quantitative estimate of drug-likeness (QED) is 0.774. The highest BCUT2D eigenvalue weighted by Gasteiger charge is 2.05. The molecular formula is C15H14N2O2. The van der Waals surface area contributed by atoms with E-state index in [1.54, 1.807) is 0 Å². The fraction of sp³-hybridized carbons (Fsp3) is 0.133. The number of hydrogen-bond acceptors (Lipinski definition) is 4. The Morgan fingerprint density at radius 2 is 1.89 bits per heavy atom. The number of nitrogens with zero attached hydrogens (tertiary/aromatic N) is 1. The van der Waals surface area contributed by atoms with Gasteiger partial charge in [-0.05, 0) is 36.4 Å². The van der Waals surface area contributed by atoms with E-state index in [2.05, 4.69) is 10.3 Å². The standard InChI is InChI=1S/C15H14N2O2/c1-16-11-6-8-12(9-7-11)18-10-15-17-13-4-2-3-5-14(13)19-15/h2-9,16H,10H2,1H3. The van der Waals surface area contributed by atoms with Gasteiger partial charge in [-0.15, -0.1) is 0 Å². The highest BCUT2D eigenvalue weighted by Crippen LogP contribution is 2.18. The maximum absolute atomic E-state index is 5.64. The van der Waals surface area contributed by atoms with E-state index in [4.69, 9.17) is 9.15 Å². The number of para-hydroxylation sites is 2. The van der Waals surface area contributed by atoms with Gasteiger partial charge in [0.05, 0.1) is 0 Å². The van der Waals surface area contributed by atoms with Gasteiger partial charge in [-0.3, -0.25) is 0 Å². The number of anilines is 1. The molecule has 3 aromatic rings. The lowest BCUT2D eigenvalue weighted by atomic mass is 10.3. The van der Waals surface area contributed by atoms with Crippen LogP contribution in [0.5, 0.6) is 5.75 Å². The molecule has 0 saturated heterocycles. The van der Waals surface area contributed by atoms with Gasteiger partial charge in [0.1, 0.15) is 11.3 Å². The largest absolute Gasteiger partial charge is 0.484 e. The van der Waals surface area contributed by atoms with Gasteiger partial charge in [0.2, 0.25) is 5.89 Å². The maximum atomic E-state index is 5.64. The Labute approximate surface area is 111 Å². The van der Waals surface area contributed by atoms with E-state index in [1.165, 1.54) is 0 Å². The third kappa shape index (κ3) is 2.52. The summed E-state index contributed by atoms with van der Waals surface area (Å²) in [5.41, 5.74) is 2.69. The summed E-state index contributed by atoms with van der Waals surface area (Å²) in [6.45, 7) is 0.327. The predicted octanol–water partition coefficient (Wildman–Crippen LogP) is 3.45. The third-order valence-electron chi connectivity index (χ3n) is 2.84. The van der Waals surface area contributed by atoms with E-state index in [0.29, 0.717) is 12.5 Å². The first kappa shape index (κ1) is 11.6. The number of hydrogen-bond donors (Lipinski definition) is 1. The van der Waals surface area contributed by atoms with Gasteiger partial charge in [0, 0.05) is 12.7 Å². The van der Waals surface area contributed by atoms with Crippen LogP contribution in [0.25, 0.3) is 11.1 Å². The van der Waals surface area contributed by atoms with Crippen LogP contribution in [0, 0.1) is 0 Å². The van der Waals surface area contributed by atoms with Gasteiger partial charge < -0.3 is 14.5 Å². The Kier molecular flexibility index (Phi) is 3.06. The molecule has 0 aliphatic carbocycles. The van der Waals surface area contributed by atoms with E-state index >= 15 is 0 Å². The molecule has 1 aromatic heterocycles. The number of nitrogens with one attached hydrogen (secondary N) is 1. The third-order valence-corrected chi connectivity index (χ3v) is 2.84. The number of fused-ring (bicyclic) bond motifs is 1. The molecule has 3 rings (SSSR count). The molecule has 0 unspecified atom stereocenters. The van der Waals surface area contributed by atoms with Crippen molar-refractivity contribution in [2.45, 2.75) is 6.61 Å². The number of ether oxygens (including phenoxy) is 1. The van der Waals surface area contributed by atoms with Crippen LogP contribution in [0.15, 0.2) is 52.9 Å². The van der Waals surface area contributed by atoms with Gasteiger partial charge in [-0.2, -0.15) is 0 Å². The van der Waals surface area contributed by atoms with Crippen LogP contribution in [0.1, 0.15) is 5.89 Å². The number of oxazole rings is 1. The molecular weight excluding hydrogens is 240 g/mol. The second kappa shape index (κ2) is 5.02. The summed E-state index contributed by atoms with van der Waals surface area (Å²) >= 11 is 0. The normalized spacial score (nSPS) is 10.6. The van der Waals surface area contributed by atoms with E-state index in [-0.39, 0.29) is 0 Å². The van der Waals surface area contributed by atoms with Crippen molar-refractivity contribution in [2.24, 2.45) is 0 Å². The second-order valence-corrected chi connectivity index (χ2v) is 4.14. The lowest BCUT2D eigenvalue weighted by molar-refractivity contribution is 0.267. The summed E-state index contributed by atoms with van der Waals surface area (Å²) in [7, 11) is 1.88. The van der Waals surface area contributed by atoms with Crippen molar-refractivity contribution in [3.63, 3.8) is 0 Å². The lowest BCUT2D eigenvalue weighted by Gasteiger charge is -2.04. The summed E-state index contributed by atoms with van der Waals surface area (Å²) in [5, 5.41) is 3.06. The van der Waals surface area contributed by atoms with E-state index in [0.717, 1.165) is 22.5 Å². The molecule has 1 N–H and O–H groups in total. The molecule has 96 valence electrons. The van der Waals surface area contributed by atoms with E-state index in [9.17, 15) is 0 Å². The van der Waals surface area contributed by atoms with Gasteiger partial charge >= 0.3 is 0 Å². The van der Waals surface area contributed by atoms with Crippen LogP contribution in [-0.2, 0) is 6.61 Å². The zero-order chi connectivity index (χ0) is 13.1. The molecule has 19 heavy (non-hydrogen) atoms. The number of benzene rings is 2. The highest BCUT2D eigenvalue weighted by molar-refractivity contribution is 5.72. The predicted molar refractivity (Wildman–Crippen MR) is 74.3 cm³/mol. The first-order valence-corrected chi connectivity index (χ1v) is 6.10. The molecule has 0 bridgehead atoms. The zero-order valence-corrected chi connectivity index (χ0v) is 10.6. The minimum absolute atomic E-state index is 0.327. The van der Waals surface area contributed by atoms with Crippen LogP contribution in [0.2, 0.25) is 0 Å². The number of aromatic nitrogens is 1. The Hall–Kier alpha value is -2.49. The topological polar surface area (TPSA) is 47.3 Å². The van der Waals surface area contributed by atoms with Crippen LogP contribution < -0.4 is 10.1 Å². The Morgan fingerprint density at radius 1 is 1.11 bits per heavy atom. The Morgan fingerprint density at radius 3 is 2.63 bits per heavy atom. The van der Waals surface area contributed by atoms with E-state index < -0.39 is 0 Å². The minimum atomic E-state index is 0.327. The molecule has 0 amide bonds. The van der Waals surface area contributed by atoms with Crippen molar-refractivity contribution in [3.8, 4) is 5.75 Å². The molecule has 0 aliphatic rings. The van der Waals surface area contributed by atoms with Crippen LogP contribution in [0.4, 0.5) is 5.69 Å². The molecule has 0 atom stereocenters. The van der Waals surface area contributed by atoms with E-state index in [1.807, 2.05) is 55.6 Å². The molecule has 0 aliphatic heterocycles. The van der Waals surface area contributed by atoms with Crippen molar-refractivity contribution in [1.29, 1.82) is 0 Å². The minimum Gasteiger partial charge on any atom is -0.484 e. The van der Waals surface area contributed by atoms with Crippen molar-refractivity contribution in [2.75, 3.05) is 12.4 Å². The fourth-order valence-corrected chi connectivity index (χ4v) is 1.84. The summed E-state index contributed by atoms with van der Waals surface area (Å²) in [6, 6.07) is 15.4. The van der Waals surface area contributed by atoms with Crippen molar-refractivity contribution >= 4 is 16.8 Å². The molecule has 1 heterocycles. The van der Waals surface area contributed by atoms with Crippen molar-refractivity contribution < 1.29 is 9.15 Å². The van der Waals surface area contributed by atoms with Gasteiger partial charge in [-0.1, -0.05) is 12.1 Å². The Balaban J connectivity index is 1.70. The lowest BCUT2D eigenvalue weighted by Crippen LogP contribution is -1.95. The average molecular weight is 254 g/mol. The van der Waals surface area contributed by atoms with Crippen LogP contribution in [0.3, 0.4) is 0 Å². The maximum Gasteiger partial charge on any atom is 0.233 e. The van der Waals surface area contributed by atoms with Gasteiger partial charge in [0.15, 0.2) is 12.2 Å². The smallest absolute Gasteiger partial charge is 0.233 e.